The zero-order chi connectivity index (χ0) is 23.7. The van der Waals surface area contributed by atoms with E-state index in [0.29, 0.717) is 6.42 Å². The van der Waals surface area contributed by atoms with E-state index in [2.05, 4.69) is 53.7 Å². The van der Waals surface area contributed by atoms with Gasteiger partial charge in [0.1, 0.15) is 5.75 Å². The zero-order valence-corrected chi connectivity index (χ0v) is 20.0. The summed E-state index contributed by atoms with van der Waals surface area (Å²) in [5.74, 6) is -0.594. The van der Waals surface area contributed by atoms with E-state index in [0.717, 1.165) is 38.9 Å². The third-order valence-corrected chi connectivity index (χ3v) is 5.85. The van der Waals surface area contributed by atoms with Crippen LogP contribution < -0.4 is 0 Å². The van der Waals surface area contributed by atoms with Crippen LogP contribution in [-0.4, -0.2) is 16.2 Å². The summed E-state index contributed by atoms with van der Waals surface area (Å²) in [6.45, 7) is 13.0. The van der Waals surface area contributed by atoms with Gasteiger partial charge in [-0.1, -0.05) is 90.1 Å². The number of phenolic OH excluding ortho intramolecular Hbond substituents is 1. The summed E-state index contributed by atoms with van der Waals surface area (Å²) in [6.07, 6.45) is 0.455. The number of phenols is 1. The summed E-state index contributed by atoms with van der Waals surface area (Å²) < 4.78 is 0. The highest BCUT2D eigenvalue weighted by Gasteiger charge is 2.24. The summed E-state index contributed by atoms with van der Waals surface area (Å²) in [7, 11) is 0. The number of benzene rings is 3. The van der Waals surface area contributed by atoms with Crippen LogP contribution in [0.15, 0.2) is 60.7 Å². The van der Waals surface area contributed by atoms with Crippen molar-refractivity contribution in [2.45, 2.75) is 65.2 Å². The van der Waals surface area contributed by atoms with E-state index in [1.165, 1.54) is 0 Å². The third kappa shape index (κ3) is 5.04. The van der Waals surface area contributed by atoms with Crippen LogP contribution in [-0.2, 0) is 22.0 Å². The maximum atomic E-state index is 11.6. The molecule has 0 spiro atoms. The van der Waals surface area contributed by atoms with Gasteiger partial charge in [-0.25, -0.2) is 0 Å². The number of hydrogen-bond acceptors (Lipinski definition) is 2. The Kier molecular flexibility index (Phi) is 6.50. The van der Waals surface area contributed by atoms with Crippen molar-refractivity contribution in [2.24, 2.45) is 0 Å². The number of hydrogen-bond donors (Lipinski definition) is 2. The molecule has 0 bridgehead atoms. The first kappa shape index (κ1) is 23.6. The lowest BCUT2D eigenvalue weighted by atomic mass is 9.79. The number of carboxylic acids is 1. The number of rotatable bonds is 5. The number of carboxylic acid groups (broad SMARTS) is 1. The number of aryl methyl sites for hydroxylation is 1. The second-order valence-corrected chi connectivity index (χ2v) is 10.5. The fraction of sp³-hybridized carbons (Fsp3) is 0.345. The van der Waals surface area contributed by atoms with Crippen LogP contribution in [0.25, 0.3) is 22.3 Å². The third-order valence-electron chi connectivity index (χ3n) is 5.85. The number of aromatic hydroxyl groups is 1. The molecule has 2 N–H and O–H groups in total. The van der Waals surface area contributed by atoms with Crippen molar-refractivity contribution >= 4 is 5.97 Å². The summed E-state index contributed by atoms with van der Waals surface area (Å²) >= 11 is 0. The van der Waals surface area contributed by atoms with Gasteiger partial charge in [0.25, 0.3) is 0 Å². The van der Waals surface area contributed by atoms with Gasteiger partial charge < -0.3 is 10.2 Å². The molecule has 3 aromatic carbocycles. The lowest BCUT2D eigenvalue weighted by Crippen LogP contribution is -2.13. The summed E-state index contributed by atoms with van der Waals surface area (Å²) in [6, 6.07) is 20.2. The first-order chi connectivity index (χ1) is 14.9. The van der Waals surface area contributed by atoms with Crippen LogP contribution in [0.1, 0.15) is 64.7 Å². The Bertz CT molecular complexity index is 1050. The fourth-order valence-corrected chi connectivity index (χ4v) is 4.24. The number of carbonyl (C=O) groups is 1. The minimum atomic E-state index is -0.827. The Labute approximate surface area is 191 Å². The van der Waals surface area contributed by atoms with Gasteiger partial charge in [-0.15, -0.1) is 0 Å². The van der Waals surface area contributed by atoms with Crippen LogP contribution >= 0.6 is 0 Å². The molecule has 0 unspecified atom stereocenters. The maximum Gasteiger partial charge on any atom is 0.303 e. The monoisotopic (exact) mass is 430 g/mol. The van der Waals surface area contributed by atoms with Gasteiger partial charge in [0.2, 0.25) is 0 Å². The molecular weight excluding hydrogens is 396 g/mol. The highest BCUT2D eigenvalue weighted by Crippen LogP contribution is 2.45. The summed E-state index contributed by atoms with van der Waals surface area (Å²) in [5.41, 5.74) is 6.42. The predicted octanol–water partition coefficient (Wildman–Crippen LogP) is 7.34. The van der Waals surface area contributed by atoms with Crippen molar-refractivity contribution in [1.29, 1.82) is 0 Å². The van der Waals surface area contributed by atoms with E-state index in [4.69, 9.17) is 0 Å². The lowest BCUT2D eigenvalue weighted by molar-refractivity contribution is -0.136. The molecular formula is C29H34O3. The average Bonchev–Trinajstić information content (AvgIpc) is 2.71. The Hall–Kier alpha value is -3.07. The molecule has 0 saturated heterocycles. The van der Waals surface area contributed by atoms with Gasteiger partial charge in [0, 0.05) is 17.5 Å². The molecule has 168 valence electrons. The van der Waals surface area contributed by atoms with E-state index >= 15 is 0 Å². The van der Waals surface area contributed by atoms with Crippen molar-refractivity contribution in [3.05, 3.63) is 77.4 Å². The van der Waals surface area contributed by atoms with Gasteiger partial charge in [-0.2, -0.15) is 0 Å². The van der Waals surface area contributed by atoms with Crippen LogP contribution in [0.5, 0.6) is 5.75 Å². The maximum absolute atomic E-state index is 11.6. The van der Waals surface area contributed by atoms with Gasteiger partial charge >= 0.3 is 5.97 Å². The van der Waals surface area contributed by atoms with E-state index in [-0.39, 0.29) is 23.0 Å². The van der Waals surface area contributed by atoms with Gasteiger partial charge in [0.05, 0.1) is 0 Å². The second-order valence-electron chi connectivity index (χ2n) is 10.5. The smallest absolute Gasteiger partial charge is 0.303 e. The molecule has 0 aliphatic carbocycles. The zero-order valence-electron chi connectivity index (χ0n) is 20.0. The molecule has 0 amide bonds. The molecule has 0 aliphatic rings. The molecule has 0 aromatic heterocycles. The molecule has 32 heavy (non-hydrogen) atoms. The standard InChI is InChI=1S/C29H34O3/c1-28(2,3)24-13-9-7-11-20(24)22-17-19(15-16-26(30)31)18-23(27(22)32)21-12-8-10-14-25(21)29(4,5)6/h7-14,17-18,32H,15-16H2,1-6H3,(H,30,31). The molecule has 3 rings (SSSR count). The predicted molar refractivity (Wildman–Crippen MR) is 132 cm³/mol. The topological polar surface area (TPSA) is 57.5 Å². The van der Waals surface area contributed by atoms with E-state index in [1.54, 1.807) is 0 Å². The van der Waals surface area contributed by atoms with Crippen LogP contribution in [0.3, 0.4) is 0 Å². The van der Waals surface area contributed by atoms with E-state index in [9.17, 15) is 15.0 Å². The normalized spacial score (nSPS) is 12.1. The van der Waals surface area contributed by atoms with E-state index < -0.39 is 5.97 Å². The Morgan fingerprint density at radius 3 is 1.50 bits per heavy atom. The average molecular weight is 431 g/mol. The first-order valence-corrected chi connectivity index (χ1v) is 11.2. The highest BCUT2D eigenvalue weighted by atomic mass is 16.4. The quantitative estimate of drug-likeness (QED) is 0.445. The largest absolute Gasteiger partial charge is 0.507 e. The van der Waals surface area contributed by atoms with Gasteiger partial charge in [-0.05, 0) is 57.2 Å². The van der Waals surface area contributed by atoms with Crippen LogP contribution in [0, 0.1) is 0 Å². The molecule has 0 saturated carbocycles. The molecule has 0 radical (unpaired) electrons. The molecule has 0 heterocycles. The van der Waals surface area contributed by atoms with Gasteiger partial charge in [0.15, 0.2) is 0 Å². The Morgan fingerprint density at radius 2 is 1.12 bits per heavy atom. The van der Waals surface area contributed by atoms with Crippen LogP contribution in [0.2, 0.25) is 0 Å². The number of aliphatic carboxylic acids is 1. The summed E-state index contributed by atoms with van der Waals surface area (Å²) in [4.78, 5) is 11.3. The van der Waals surface area contributed by atoms with Crippen molar-refractivity contribution in [3.63, 3.8) is 0 Å². The molecule has 0 atom stereocenters. The molecule has 3 heteroatoms. The molecule has 0 fully saturated rings. The minimum absolute atomic E-state index is 0.0471. The first-order valence-electron chi connectivity index (χ1n) is 11.2. The molecule has 0 aliphatic heterocycles. The fourth-order valence-electron chi connectivity index (χ4n) is 4.24. The van der Waals surface area contributed by atoms with E-state index in [1.807, 2.05) is 48.5 Å². The SMILES string of the molecule is CC(C)(C)c1ccccc1-c1cc(CCC(=O)O)cc(-c2ccccc2C(C)(C)C)c1O. The van der Waals surface area contributed by atoms with Crippen molar-refractivity contribution in [1.82, 2.24) is 0 Å². The Balaban J connectivity index is 2.33. The lowest BCUT2D eigenvalue weighted by Gasteiger charge is -2.26. The molecule has 3 aromatic rings. The van der Waals surface area contributed by atoms with Crippen molar-refractivity contribution in [2.75, 3.05) is 0 Å². The van der Waals surface area contributed by atoms with Gasteiger partial charge in [-0.3, -0.25) is 4.79 Å². The van der Waals surface area contributed by atoms with Crippen LogP contribution in [0.4, 0.5) is 0 Å². The Morgan fingerprint density at radius 1 is 0.719 bits per heavy atom. The van der Waals surface area contributed by atoms with Crippen molar-refractivity contribution in [3.8, 4) is 28.0 Å². The summed E-state index contributed by atoms with van der Waals surface area (Å²) in [5, 5.41) is 20.8. The van der Waals surface area contributed by atoms with Crippen molar-refractivity contribution < 1.29 is 15.0 Å². The highest BCUT2D eigenvalue weighted by molar-refractivity contribution is 5.86. The second kappa shape index (κ2) is 8.82. The molecule has 3 nitrogen and oxygen atoms in total. The minimum Gasteiger partial charge on any atom is -0.507 e.